The average molecular weight is 346 g/mol. The third-order valence-corrected chi connectivity index (χ3v) is 4.92. The Labute approximate surface area is 134 Å². The van der Waals surface area contributed by atoms with Gasteiger partial charge in [0.15, 0.2) is 0 Å². The van der Waals surface area contributed by atoms with Crippen LogP contribution in [0, 0.1) is 5.41 Å². The molecule has 2 aromatic rings. The highest BCUT2D eigenvalue weighted by Crippen LogP contribution is 2.48. The zero-order valence-electron chi connectivity index (χ0n) is 12.3. The number of benzene rings is 2. The number of amides is 1. The molecular weight excluding hydrogens is 326 g/mol. The summed E-state index contributed by atoms with van der Waals surface area (Å²) in [5, 5.41) is 5.36. The molecule has 1 aliphatic carbocycles. The zero-order valence-corrected chi connectivity index (χ0v) is 13.9. The second kappa shape index (κ2) is 5.80. The van der Waals surface area contributed by atoms with Crippen molar-refractivity contribution in [3.8, 4) is 0 Å². The van der Waals surface area contributed by atoms with Crippen LogP contribution < -0.4 is 5.32 Å². The molecule has 0 aromatic heterocycles. The Morgan fingerprint density at radius 2 is 1.90 bits per heavy atom. The highest BCUT2D eigenvalue weighted by atomic mass is 79.9. The van der Waals surface area contributed by atoms with E-state index in [2.05, 4.69) is 34.2 Å². The van der Waals surface area contributed by atoms with E-state index in [0.717, 1.165) is 27.4 Å². The van der Waals surface area contributed by atoms with Crippen LogP contribution in [0.4, 0.5) is 0 Å². The van der Waals surface area contributed by atoms with Gasteiger partial charge in [0.05, 0.1) is 0 Å². The molecule has 0 saturated heterocycles. The predicted molar refractivity (Wildman–Crippen MR) is 90.6 cm³/mol. The maximum atomic E-state index is 12.3. The summed E-state index contributed by atoms with van der Waals surface area (Å²) in [7, 11) is 0. The summed E-state index contributed by atoms with van der Waals surface area (Å²) in [6, 6.07) is 12.0. The topological polar surface area (TPSA) is 29.1 Å². The Balaban J connectivity index is 1.71. The van der Waals surface area contributed by atoms with Crippen molar-refractivity contribution < 1.29 is 4.79 Å². The first-order chi connectivity index (χ1) is 10.1. The lowest BCUT2D eigenvalue weighted by Gasteiger charge is -2.15. The molecular formula is C18H20BrNO. The number of nitrogens with one attached hydrogen (secondary N) is 1. The summed E-state index contributed by atoms with van der Waals surface area (Å²) in [6.07, 6.45) is 4.93. The van der Waals surface area contributed by atoms with E-state index < -0.39 is 0 Å². The Hall–Kier alpha value is -1.35. The lowest BCUT2D eigenvalue weighted by Crippen LogP contribution is -2.30. The summed E-state index contributed by atoms with van der Waals surface area (Å²) in [5.41, 5.74) is 1.14. The molecule has 1 N–H and O–H groups in total. The number of rotatable bonds is 5. The molecule has 0 unspecified atom stereocenters. The minimum Gasteiger partial charge on any atom is -0.351 e. The van der Waals surface area contributed by atoms with Gasteiger partial charge in [-0.05, 0) is 59.7 Å². The van der Waals surface area contributed by atoms with E-state index in [1.165, 1.54) is 25.7 Å². The smallest absolute Gasteiger partial charge is 0.251 e. The van der Waals surface area contributed by atoms with Gasteiger partial charge in [-0.1, -0.05) is 41.4 Å². The molecule has 1 amide bonds. The van der Waals surface area contributed by atoms with Crippen molar-refractivity contribution in [3.63, 3.8) is 0 Å². The van der Waals surface area contributed by atoms with E-state index in [-0.39, 0.29) is 5.91 Å². The Morgan fingerprint density at radius 3 is 2.62 bits per heavy atom. The minimum atomic E-state index is 0.0437. The van der Waals surface area contributed by atoms with Gasteiger partial charge in [-0.25, -0.2) is 0 Å². The lowest BCUT2D eigenvalue weighted by molar-refractivity contribution is 0.0944. The van der Waals surface area contributed by atoms with E-state index in [4.69, 9.17) is 0 Å². The average Bonchev–Trinajstić information content (AvgIpc) is 3.25. The lowest BCUT2D eigenvalue weighted by atomic mass is 10.0. The van der Waals surface area contributed by atoms with E-state index in [1.807, 2.05) is 30.3 Å². The Bertz CT molecular complexity index is 676. The Kier molecular flexibility index (Phi) is 4.03. The van der Waals surface area contributed by atoms with Crippen LogP contribution >= 0.6 is 15.9 Å². The van der Waals surface area contributed by atoms with Crippen LogP contribution in [0.1, 0.15) is 43.0 Å². The molecule has 0 radical (unpaired) electrons. The fourth-order valence-electron chi connectivity index (χ4n) is 2.95. The summed E-state index contributed by atoms with van der Waals surface area (Å²) in [5.74, 6) is 0.0437. The van der Waals surface area contributed by atoms with Crippen molar-refractivity contribution in [2.45, 2.75) is 32.6 Å². The largest absolute Gasteiger partial charge is 0.351 e. The standard InChI is InChI=1S/C18H20BrNO/c1-2-7-18(8-9-18)12-20-17(21)15-4-3-14-11-16(19)6-5-13(14)10-15/h3-6,10-11H,2,7-9,12H2,1H3,(H,20,21). The maximum Gasteiger partial charge on any atom is 0.251 e. The first kappa shape index (κ1) is 14.6. The van der Waals surface area contributed by atoms with Gasteiger partial charge in [-0.2, -0.15) is 0 Å². The first-order valence-corrected chi connectivity index (χ1v) is 8.39. The fourth-order valence-corrected chi connectivity index (χ4v) is 3.33. The van der Waals surface area contributed by atoms with Gasteiger partial charge in [-0.15, -0.1) is 0 Å². The molecule has 0 spiro atoms. The van der Waals surface area contributed by atoms with Gasteiger partial charge < -0.3 is 5.32 Å². The number of halogens is 1. The minimum absolute atomic E-state index is 0.0437. The van der Waals surface area contributed by atoms with Gasteiger partial charge in [0.1, 0.15) is 0 Å². The highest BCUT2D eigenvalue weighted by Gasteiger charge is 2.41. The number of carbonyl (C=O) groups excluding carboxylic acids is 1. The second-order valence-corrected chi connectivity index (χ2v) is 7.05. The fraction of sp³-hybridized carbons (Fsp3) is 0.389. The van der Waals surface area contributed by atoms with Crippen LogP contribution in [0.5, 0.6) is 0 Å². The van der Waals surface area contributed by atoms with Gasteiger partial charge in [-0.3, -0.25) is 4.79 Å². The summed E-state index contributed by atoms with van der Waals surface area (Å²) in [4.78, 5) is 12.3. The van der Waals surface area contributed by atoms with Crippen LogP contribution in [-0.2, 0) is 0 Å². The summed E-state index contributed by atoms with van der Waals surface area (Å²) < 4.78 is 1.06. The first-order valence-electron chi connectivity index (χ1n) is 7.59. The van der Waals surface area contributed by atoms with Gasteiger partial charge in [0.25, 0.3) is 5.91 Å². The summed E-state index contributed by atoms with van der Waals surface area (Å²) >= 11 is 3.47. The molecule has 0 bridgehead atoms. The van der Waals surface area contributed by atoms with E-state index in [9.17, 15) is 4.79 Å². The van der Waals surface area contributed by atoms with Crippen LogP contribution in [0.2, 0.25) is 0 Å². The molecule has 2 aromatic carbocycles. The molecule has 21 heavy (non-hydrogen) atoms. The van der Waals surface area contributed by atoms with Crippen molar-refractivity contribution in [2.24, 2.45) is 5.41 Å². The third-order valence-electron chi connectivity index (χ3n) is 4.43. The number of hydrogen-bond acceptors (Lipinski definition) is 1. The second-order valence-electron chi connectivity index (χ2n) is 6.14. The van der Waals surface area contributed by atoms with Crippen molar-refractivity contribution in [1.29, 1.82) is 0 Å². The molecule has 0 aliphatic heterocycles. The molecule has 0 atom stereocenters. The normalized spacial score (nSPS) is 15.9. The number of fused-ring (bicyclic) bond motifs is 1. The van der Waals surface area contributed by atoms with Crippen LogP contribution in [-0.4, -0.2) is 12.5 Å². The molecule has 1 aliphatic rings. The number of carbonyl (C=O) groups is 1. The Morgan fingerprint density at radius 1 is 1.19 bits per heavy atom. The summed E-state index contributed by atoms with van der Waals surface area (Å²) in [6.45, 7) is 3.03. The van der Waals surface area contributed by atoms with E-state index >= 15 is 0 Å². The van der Waals surface area contributed by atoms with Crippen LogP contribution in [0.3, 0.4) is 0 Å². The van der Waals surface area contributed by atoms with Crippen LogP contribution in [0.15, 0.2) is 40.9 Å². The molecule has 3 heteroatoms. The van der Waals surface area contributed by atoms with Crippen molar-refractivity contribution in [1.82, 2.24) is 5.32 Å². The monoisotopic (exact) mass is 345 g/mol. The third kappa shape index (κ3) is 3.29. The van der Waals surface area contributed by atoms with Crippen LogP contribution in [0.25, 0.3) is 10.8 Å². The quantitative estimate of drug-likeness (QED) is 0.819. The maximum absolute atomic E-state index is 12.3. The van der Waals surface area contributed by atoms with Crippen molar-refractivity contribution >= 4 is 32.6 Å². The predicted octanol–water partition coefficient (Wildman–Crippen LogP) is 4.91. The van der Waals surface area contributed by atoms with Crippen molar-refractivity contribution in [3.05, 3.63) is 46.4 Å². The van der Waals surface area contributed by atoms with Gasteiger partial charge >= 0.3 is 0 Å². The van der Waals surface area contributed by atoms with Gasteiger partial charge in [0.2, 0.25) is 0 Å². The van der Waals surface area contributed by atoms with E-state index in [0.29, 0.717) is 5.41 Å². The van der Waals surface area contributed by atoms with Gasteiger partial charge in [0, 0.05) is 16.6 Å². The zero-order chi connectivity index (χ0) is 14.9. The molecule has 3 rings (SSSR count). The molecule has 1 saturated carbocycles. The highest BCUT2D eigenvalue weighted by molar-refractivity contribution is 9.10. The molecule has 110 valence electrons. The molecule has 2 nitrogen and oxygen atoms in total. The van der Waals surface area contributed by atoms with E-state index in [1.54, 1.807) is 0 Å². The molecule has 1 fully saturated rings. The SMILES string of the molecule is CCCC1(CNC(=O)c2ccc3cc(Br)ccc3c2)CC1. The molecule has 0 heterocycles. The number of hydrogen-bond donors (Lipinski definition) is 1. The van der Waals surface area contributed by atoms with Crippen molar-refractivity contribution in [2.75, 3.05) is 6.54 Å².